The van der Waals surface area contributed by atoms with Gasteiger partial charge in [-0.2, -0.15) is 0 Å². The summed E-state index contributed by atoms with van der Waals surface area (Å²) in [6.07, 6.45) is 0. The summed E-state index contributed by atoms with van der Waals surface area (Å²) < 4.78 is 1.01. The molecule has 17 heavy (non-hydrogen) atoms. The van der Waals surface area contributed by atoms with E-state index in [0.29, 0.717) is 0 Å². The normalized spacial score (nSPS) is 15.8. The van der Waals surface area contributed by atoms with Crippen LogP contribution in [-0.4, -0.2) is 37.1 Å². The van der Waals surface area contributed by atoms with Gasteiger partial charge in [-0.1, -0.05) is 22.0 Å². The lowest BCUT2D eigenvalue weighted by Crippen LogP contribution is -2.48. The molecule has 1 aliphatic rings. The molecule has 0 aliphatic carbocycles. The largest absolute Gasteiger partial charge is 0.322 e. The number of hydrogen-bond acceptors (Lipinski definition) is 2. The Morgan fingerprint density at radius 2 is 2.12 bits per heavy atom. The Morgan fingerprint density at radius 1 is 1.41 bits per heavy atom. The van der Waals surface area contributed by atoms with Crippen molar-refractivity contribution in [3.63, 3.8) is 0 Å². The van der Waals surface area contributed by atoms with Crippen molar-refractivity contribution in [2.24, 2.45) is 0 Å². The van der Waals surface area contributed by atoms with Crippen molar-refractivity contribution in [2.75, 3.05) is 31.5 Å². The number of rotatable bonds is 1. The summed E-state index contributed by atoms with van der Waals surface area (Å²) >= 11 is 3.46. The maximum absolute atomic E-state index is 12.0. The smallest absolute Gasteiger partial charge is 0.321 e. The van der Waals surface area contributed by atoms with Gasteiger partial charge >= 0.3 is 6.03 Å². The third-order valence-corrected chi connectivity index (χ3v) is 3.77. The molecular weight excluding hydrogens is 282 g/mol. The minimum atomic E-state index is -0.0206. The molecule has 0 spiro atoms. The minimum absolute atomic E-state index is 0.0206. The second-order valence-electron chi connectivity index (χ2n) is 4.08. The highest BCUT2D eigenvalue weighted by Crippen LogP contribution is 2.23. The van der Waals surface area contributed by atoms with Crippen molar-refractivity contribution >= 4 is 27.6 Å². The van der Waals surface area contributed by atoms with E-state index in [1.54, 1.807) is 0 Å². The van der Waals surface area contributed by atoms with Gasteiger partial charge in [0.05, 0.1) is 0 Å². The van der Waals surface area contributed by atoms with Crippen LogP contribution in [0.5, 0.6) is 0 Å². The molecule has 1 saturated heterocycles. The van der Waals surface area contributed by atoms with Gasteiger partial charge in [-0.05, 0) is 24.6 Å². The number of carbonyl (C=O) groups excluding carboxylic acids is 1. The van der Waals surface area contributed by atoms with Gasteiger partial charge in [0, 0.05) is 36.3 Å². The number of benzene rings is 1. The monoisotopic (exact) mass is 297 g/mol. The molecule has 2 amide bonds. The standard InChI is InChI=1S/C12H16BrN3O/c1-9-10(13)3-2-4-11(9)15-12(17)16-7-5-14-6-8-16/h2-4,14H,5-8H2,1H3,(H,15,17). The maximum atomic E-state index is 12.0. The number of nitrogens with one attached hydrogen (secondary N) is 2. The summed E-state index contributed by atoms with van der Waals surface area (Å²) in [7, 11) is 0. The van der Waals surface area contributed by atoms with Gasteiger partial charge in [-0.25, -0.2) is 4.79 Å². The molecule has 2 N–H and O–H groups in total. The Labute approximate surface area is 110 Å². The number of hydrogen-bond donors (Lipinski definition) is 2. The lowest BCUT2D eigenvalue weighted by molar-refractivity contribution is 0.204. The number of anilines is 1. The third kappa shape index (κ3) is 2.98. The average molecular weight is 298 g/mol. The van der Waals surface area contributed by atoms with Crippen molar-refractivity contribution in [1.29, 1.82) is 0 Å². The number of carbonyl (C=O) groups is 1. The topological polar surface area (TPSA) is 44.4 Å². The summed E-state index contributed by atoms with van der Waals surface area (Å²) in [4.78, 5) is 13.8. The summed E-state index contributed by atoms with van der Waals surface area (Å²) in [6.45, 7) is 5.24. The molecular formula is C12H16BrN3O. The van der Waals surface area contributed by atoms with Crippen molar-refractivity contribution in [3.05, 3.63) is 28.2 Å². The van der Waals surface area contributed by atoms with Crippen molar-refractivity contribution in [2.45, 2.75) is 6.92 Å². The number of amides is 2. The molecule has 0 atom stereocenters. The molecule has 0 unspecified atom stereocenters. The molecule has 92 valence electrons. The molecule has 4 nitrogen and oxygen atoms in total. The first-order chi connectivity index (χ1) is 8.18. The van der Waals surface area contributed by atoms with E-state index in [9.17, 15) is 4.79 Å². The quantitative estimate of drug-likeness (QED) is 0.835. The van der Waals surface area contributed by atoms with Crippen LogP contribution in [0, 0.1) is 6.92 Å². The van der Waals surface area contributed by atoms with E-state index in [0.717, 1.165) is 41.9 Å². The molecule has 0 saturated carbocycles. The van der Waals surface area contributed by atoms with Gasteiger partial charge in [0.2, 0.25) is 0 Å². The van der Waals surface area contributed by atoms with Crippen molar-refractivity contribution in [1.82, 2.24) is 10.2 Å². The fraction of sp³-hybridized carbons (Fsp3) is 0.417. The Hall–Kier alpha value is -1.07. The zero-order valence-corrected chi connectivity index (χ0v) is 11.4. The predicted molar refractivity (Wildman–Crippen MR) is 72.3 cm³/mol. The van der Waals surface area contributed by atoms with Crippen molar-refractivity contribution < 1.29 is 4.79 Å². The summed E-state index contributed by atoms with van der Waals surface area (Å²) in [5.74, 6) is 0. The van der Waals surface area contributed by atoms with Gasteiger partial charge in [0.15, 0.2) is 0 Å². The van der Waals surface area contributed by atoms with E-state index >= 15 is 0 Å². The molecule has 0 radical (unpaired) electrons. The van der Waals surface area contributed by atoms with E-state index in [2.05, 4.69) is 26.6 Å². The van der Waals surface area contributed by atoms with E-state index in [4.69, 9.17) is 0 Å². The highest BCUT2D eigenvalue weighted by molar-refractivity contribution is 9.10. The summed E-state index contributed by atoms with van der Waals surface area (Å²) in [6, 6.07) is 5.79. The average Bonchev–Trinajstić information content (AvgIpc) is 2.36. The van der Waals surface area contributed by atoms with Crippen molar-refractivity contribution in [3.8, 4) is 0 Å². The number of nitrogens with zero attached hydrogens (tertiary/aromatic N) is 1. The van der Waals surface area contributed by atoms with Crippen LogP contribution in [0.1, 0.15) is 5.56 Å². The molecule has 0 bridgehead atoms. The molecule has 1 aromatic rings. The first-order valence-electron chi connectivity index (χ1n) is 5.70. The molecule has 1 heterocycles. The fourth-order valence-electron chi connectivity index (χ4n) is 1.81. The number of piperazine rings is 1. The zero-order chi connectivity index (χ0) is 12.3. The predicted octanol–water partition coefficient (Wildman–Crippen LogP) is 2.19. The van der Waals surface area contributed by atoms with E-state index in [1.807, 2.05) is 30.0 Å². The van der Waals surface area contributed by atoms with Crippen LogP contribution >= 0.6 is 15.9 Å². The van der Waals surface area contributed by atoms with Crippen LogP contribution in [0.25, 0.3) is 0 Å². The lowest BCUT2D eigenvalue weighted by Gasteiger charge is -2.27. The van der Waals surface area contributed by atoms with E-state index in [1.165, 1.54) is 0 Å². The number of halogens is 1. The maximum Gasteiger partial charge on any atom is 0.321 e. The Balaban J connectivity index is 2.04. The summed E-state index contributed by atoms with van der Waals surface area (Å²) in [5.41, 5.74) is 1.92. The zero-order valence-electron chi connectivity index (χ0n) is 9.79. The van der Waals surface area contributed by atoms with Crippen LogP contribution in [0.4, 0.5) is 10.5 Å². The highest BCUT2D eigenvalue weighted by Gasteiger charge is 2.16. The molecule has 2 rings (SSSR count). The van der Waals surface area contributed by atoms with Crippen LogP contribution in [0.3, 0.4) is 0 Å². The van der Waals surface area contributed by atoms with E-state index in [-0.39, 0.29) is 6.03 Å². The van der Waals surface area contributed by atoms with Crippen LogP contribution in [-0.2, 0) is 0 Å². The SMILES string of the molecule is Cc1c(Br)cccc1NC(=O)N1CCNCC1. The Kier molecular flexibility index (Phi) is 4.02. The minimum Gasteiger partial charge on any atom is -0.322 e. The van der Waals surface area contributed by atoms with E-state index < -0.39 is 0 Å². The van der Waals surface area contributed by atoms with Crippen LogP contribution < -0.4 is 10.6 Å². The molecule has 1 aromatic carbocycles. The highest BCUT2D eigenvalue weighted by atomic mass is 79.9. The summed E-state index contributed by atoms with van der Waals surface area (Å²) in [5, 5.41) is 6.17. The molecule has 5 heteroatoms. The second-order valence-corrected chi connectivity index (χ2v) is 4.93. The first-order valence-corrected chi connectivity index (χ1v) is 6.49. The van der Waals surface area contributed by atoms with Crippen LogP contribution in [0.15, 0.2) is 22.7 Å². The van der Waals surface area contributed by atoms with Crippen LogP contribution in [0.2, 0.25) is 0 Å². The van der Waals surface area contributed by atoms with Gasteiger partial charge < -0.3 is 15.5 Å². The van der Waals surface area contributed by atoms with Gasteiger partial charge in [-0.3, -0.25) is 0 Å². The molecule has 0 aromatic heterocycles. The van der Waals surface area contributed by atoms with Gasteiger partial charge in [0.25, 0.3) is 0 Å². The Bertz CT molecular complexity index is 416. The third-order valence-electron chi connectivity index (χ3n) is 2.91. The molecule has 1 aliphatic heterocycles. The lowest BCUT2D eigenvalue weighted by atomic mass is 10.2. The second kappa shape index (κ2) is 5.51. The fourth-order valence-corrected chi connectivity index (χ4v) is 2.17. The first kappa shape index (κ1) is 12.4. The molecule has 1 fully saturated rings. The Morgan fingerprint density at radius 3 is 2.82 bits per heavy atom. The van der Waals surface area contributed by atoms with Gasteiger partial charge in [0.1, 0.15) is 0 Å². The number of urea groups is 1. The van der Waals surface area contributed by atoms with Gasteiger partial charge in [-0.15, -0.1) is 0 Å².